The van der Waals surface area contributed by atoms with Crippen molar-refractivity contribution in [3.05, 3.63) is 23.8 Å². The molecule has 178 valence electrons. The molecule has 1 rings (SSSR count). The van der Waals surface area contributed by atoms with E-state index in [-0.39, 0.29) is 36.2 Å². The highest BCUT2D eigenvalue weighted by atomic mass is 16.6. The molecule has 2 unspecified atom stereocenters. The molecule has 0 aliphatic heterocycles. The Morgan fingerprint density at radius 2 is 1.62 bits per heavy atom. The number of rotatable bonds is 11. The van der Waals surface area contributed by atoms with E-state index in [1.165, 1.54) is 33.1 Å². The van der Waals surface area contributed by atoms with Crippen molar-refractivity contribution in [3.8, 4) is 11.5 Å². The van der Waals surface area contributed by atoms with Crippen molar-refractivity contribution in [1.29, 1.82) is 0 Å². The molecule has 0 saturated heterocycles. The summed E-state index contributed by atoms with van der Waals surface area (Å²) in [5.41, 5.74) is 5.42. The van der Waals surface area contributed by atoms with Crippen LogP contribution in [0.25, 0.3) is 0 Å². The van der Waals surface area contributed by atoms with Crippen LogP contribution in [-0.2, 0) is 35.1 Å². The van der Waals surface area contributed by atoms with Crippen molar-refractivity contribution in [2.75, 3.05) is 7.11 Å². The van der Waals surface area contributed by atoms with E-state index in [0.29, 0.717) is 12.0 Å². The Labute approximate surface area is 188 Å². The molecule has 32 heavy (non-hydrogen) atoms. The molecule has 9 nitrogen and oxygen atoms in total. The largest absolute Gasteiger partial charge is 0.468 e. The fourth-order valence-electron chi connectivity index (χ4n) is 3.35. The number of benzene rings is 1. The third-order valence-electron chi connectivity index (χ3n) is 4.72. The number of carbonyl (C=O) groups excluding carboxylic acids is 4. The van der Waals surface area contributed by atoms with E-state index in [9.17, 15) is 19.2 Å². The van der Waals surface area contributed by atoms with Gasteiger partial charge in [-0.15, -0.1) is 0 Å². The fraction of sp³-hybridized carbons (Fsp3) is 0.565. The maximum absolute atomic E-state index is 12.5. The van der Waals surface area contributed by atoms with E-state index in [1.807, 2.05) is 6.92 Å². The molecule has 0 heterocycles. The summed E-state index contributed by atoms with van der Waals surface area (Å²) in [6.45, 7) is 7.86. The minimum Gasteiger partial charge on any atom is -0.468 e. The second kappa shape index (κ2) is 12.2. The van der Waals surface area contributed by atoms with Crippen molar-refractivity contribution in [2.45, 2.75) is 71.9 Å². The topological polar surface area (TPSA) is 131 Å². The van der Waals surface area contributed by atoms with Gasteiger partial charge in [0.15, 0.2) is 11.5 Å². The smallest absolute Gasteiger partial charge is 0.326 e. The summed E-state index contributed by atoms with van der Waals surface area (Å²) in [4.78, 5) is 47.5. The van der Waals surface area contributed by atoms with Crippen LogP contribution in [0.4, 0.5) is 0 Å². The van der Waals surface area contributed by atoms with Crippen LogP contribution in [0.3, 0.4) is 0 Å². The van der Waals surface area contributed by atoms with E-state index in [2.05, 4.69) is 0 Å². The van der Waals surface area contributed by atoms with Gasteiger partial charge in [0.1, 0.15) is 11.6 Å². The average Bonchev–Trinajstić information content (AvgIpc) is 2.68. The van der Waals surface area contributed by atoms with Crippen LogP contribution >= 0.6 is 0 Å². The molecule has 0 aliphatic rings. The number of esters is 4. The van der Waals surface area contributed by atoms with E-state index in [1.54, 1.807) is 19.9 Å². The molecule has 2 N–H and O–H groups in total. The maximum atomic E-state index is 12.5. The van der Waals surface area contributed by atoms with Crippen LogP contribution < -0.4 is 15.2 Å². The Hall–Kier alpha value is -2.94. The summed E-state index contributed by atoms with van der Waals surface area (Å²) < 4.78 is 20.6. The first-order chi connectivity index (χ1) is 14.9. The van der Waals surface area contributed by atoms with Crippen LogP contribution in [0.2, 0.25) is 0 Å². The highest BCUT2D eigenvalue weighted by Crippen LogP contribution is 2.31. The van der Waals surface area contributed by atoms with Gasteiger partial charge in [-0.1, -0.05) is 26.3 Å². The lowest BCUT2D eigenvalue weighted by atomic mass is 9.86. The van der Waals surface area contributed by atoms with Crippen LogP contribution in [0.15, 0.2) is 18.2 Å². The third-order valence-corrected chi connectivity index (χ3v) is 4.72. The monoisotopic (exact) mass is 451 g/mol. The molecule has 0 radical (unpaired) electrons. The van der Waals surface area contributed by atoms with Gasteiger partial charge in [0.25, 0.3) is 0 Å². The zero-order chi connectivity index (χ0) is 24.5. The molecule has 1 aromatic carbocycles. The van der Waals surface area contributed by atoms with Crippen molar-refractivity contribution >= 4 is 23.9 Å². The minimum atomic E-state index is -1.51. The first-order valence-electron chi connectivity index (χ1n) is 10.5. The summed E-state index contributed by atoms with van der Waals surface area (Å²) in [5.74, 6) is -2.40. The van der Waals surface area contributed by atoms with E-state index in [4.69, 9.17) is 24.7 Å². The average molecular weight is 452 g/mol. The molecular formula is C23H33NO8. The maximum Gasteiger partial charge on any atom is 0.326 e. The van der Waals surface area contributed by atoms with Crippen molar-refractivity contribution in [1.82, 2.24) is 0 Å². The minimum absolute atomic E-state index is 0.000688. The van der Waals surface area contributed by atoms with Gasteiger partial charge < -0.3 is 24.7 Å². The number of nitrogens with two attached hydrogens (primary N) is 1. The third kappa shape index (κ3) is 8.30. The lowest BCUT2D eigenvalue weighted by Crippen LogP contribution is -2.53. The Morgan fingerprint density at radius 1 is 1.03 bits per heavy atom. The summed E-state index contributed by atoms with van der Waals surface area (Å²) in [6, 6.07) is 4.50. The van der Waals surface area contributed by atoms with Gasteiger partial charge in [-0.2, -0.15) is 0 Å². The first kappa shape index (κ1) is 27.1. The second-order valence-corrected chi connectivity index (χ2v) is 7.93. The molecule has 0 amide bonds. The zero-order valence-corrected chi connectivity index (χ0v) is 19.6. The van der Waals surface area contributed by atoms with Crippen LogP contribution in [0, 0.1) is 5.92 Å². The summed E-state index contributed by atoms with van der Waals surface area (Å²) in [5, 5.41) is 0. The summed E-state index contributed by atoms with van der Waals surface area (Å²) in [7, 11) is 1.22. The lowest BCUT2D eigenvalue weighted by Gasteiger charge is -2.30. The quantitative estimate of drug-likeness (QED) is 0.398. The molecule has 3 atom stereocenters. The zero-order valence-electron chi connectivity index (χ0n) is 19.6. The summed E-state index contributed by atoms with van der Waals surface area (Å²) in [6.07, 6.45) is 0.921. The fourth-order valence-corrected chi connectivity index (χ4v) is 3.35. The SMILES string of the molecule is CCCC(C)C(=O)OC(C)C[C@@](N)(Cc1ccc(OC(C)=O)c(OC(C)=O)c1)C(=O)OC. The van der Waals surface area contributed by atoms with Crippen LogP contribution in [0.5, 0.6) is 11.5 Å². The van der Waals surface area contributed by atoms with E-state index >= 15 is 0 Å². The Morgan fingerprint density at radius 3 is 2.16 bits per heavy atom. The number of methoxy groups -OCH3 is 1. The highest BCUT2D eigenvalue weighted by Gasteiger charge is 2.38. The second-order valence-electron chi connectivity index (χ2n) is 7.93. The van der Waals surface area contributed by atoms with Gasteiger partial charge in [0.05, 0.1) is 13.0 Å². The molecule has 0 saturated carbocycles. The first-order valence-corrected chi connectivity index (χ1v) is 10.5. The lowest BCUT2D eigenvalue weighted by molar-refractivity contribution is -0.157. The Bertz CT molecular complexity index is 837. The molecule has 9 heteroatoms. The predicted molar refractivity (Wildman–Crippen MR) is 116 cm³/mol. The number of hydrogen-bond donors (Lipinski definition) is 1. The molecule has 0 bridgehead atoms. The van der Waals surface area contributed by atoms with Gasteiger partial charge in [0, 0.05) is 26.7 Å². The Kier molecular flexibility index (Phi) is 10.3. The molecular weight excluding hydrogens is 418 g/mol. The van der Waals surface area contributed by atoms with Crippen molar-refractivity contribution in [3.63, 3.8) is 0 Å². The van der Waals surface area contributed by atoms with E-state index < -0.39 is 29.6 Å². The standard InChI is InChI=1S/C23H33NO8/c1-7-8-14(2)21(27)30-15(3)12-23(24,22(28)29-6)13-18-9-10-19(31-16(4)25)20(11-18)32-17(5)26/h9-11,14-15H,7-8,12-13,24H2,1-6H3/t14?,15?,23-/m1/s1. The summed E-state index contributed by atoms with van der Waals surface area (Å²) >= 11 is 0. The van der Waals surface area contributed by atoms with Gasteiger partial charge in [-0.3, -0.25) is 19.2 Å². The van der Waals surface area contributed by atoms with Crippen LogP contribution in [-0.4, -0.2) is 42.6 Å². The van der Waals surface area contributed by atoms with Crippen LogP contribution in [0.1, 0.15) is 59.4 Å². The predicted octanol–water partition coefficient (Wildman–Crippen LogP) is 2.71. The van der Waals surface area contributed by atoms with Crippen molar-refractivity contribution in [2.24, 2.45) is 11.7 Å². The van der Waals surface area contributed by atoms with Gasteiger partial charge in [-0.05, 0) is 31.0 Å². The molecule has 0 aliphatic carbocycles. The van der Waals surface area contributed by atoms with Gasteiger partial charge in [-0.25, -0.2) is 0 Å². The molecule has 0 aromatic heterocycles. The van der Waals surface area contributed by atoms with Gasteiger partial charge in [0.2, 0.25) is 0 Å². The normalized spacial score (nSPS) is 14.5. The molecule has 1 aromatic rings. The van der Waals surface area contributed by atoms with E-state index in [0.717, 1.165) is 6.42 Å². The number of carbonyl (C=O) groups is 4. The van der Waals surface area contributed by atoms with Crippen molar-refractivity contribution < 1.29 is 38.1 Å². The Balaban J connectivity index is 3.12. The molecule has 0 fully saturated rings. The molecule has 0 spiro atoms. The van der Waals surface area contributed by atoms with Gasteiger partial charge >= 0.3 is 23.9 Å². The number of ether oxygens (including phenoxy) is 4. The number of hydrogen-bond acceptors (Lipinski definition) is 9. The highest BCUT2D eigenvalue weighted by molar-refractivity contribution is 5.81.